The number of benzene rings is 3. The second-order valence-corrected chi connectivity index (χ2v) is 8.93. The molecule has 174 valence electrons. The molecular weight excluding hydrogens is 450 g/mol. The zero-order valence-electron chi connectivity index (χ0n) is 19.2. The minimum absolute atomic E-state index is 0.0279. The maximum absolute atomic E-state index is 13.1. The van der Waals surface area contributed by atoms with Gasteiger partial charge in [0.1, 0.15) is 23.9 Å². The molecule has 2 heterocycles. The smallest absolute Gasteiger partial charge is 0.227 e. The third kappa shape index (κ3) is 4.33. The number of carbonyl (C=O) groups is 1. The summed E-state index contributed by atoms with van der Waals surface area (Å²) in [6.45, 7) is 3.70. The lowest BCUT2D eigenvalue weighted by Gasteiger charge is -2.20. The van der Waals surface area contributed by atoms with Crippen molar-refractivity contribution in [3.8, 4) is 11.5 Å². The molecule has 0 bridgehead atoms. The number of methoxy groups -OCH3 is 1. The van der Waals surface area contributed by atoms with Gasteiger partial charge >= 0.3 is 0 Å². The number of carbonyl (C=O) groups excluding carboxylic acids is 1. The van der Waals surface area contributed by atoms with E-state index in [2.05, 4.69) is 10.6 Å². The van der Waals surface area contributed by atoms with Gasteiger partial charge in [-0.1, -0.05) is 35.9 Å². The van der Waals surface area contributed by atoms with Crippen LogP contribution in [0.15, 0.2) is 66.7 Å². The molecule has 6 nitrogen and oxygen atoms in total. The van der Waals surface area contributed by atoms with E-state index in [1.807, 2.05) is 49.4 Å². The molecule has 1 saturated heterocycles. The van der Waals surface area contributed by atoms with Crippen molar-refractivity contribution < 1.29 is 14.3 Å². The number of aromatic nitrogens is 2. The number of hydrogen-bond acceptors (Lipinski definition) is 4. The van der Waals surface area contributed by atoms with Crippen molar-refractivity contribution >= 4 is 34.2 Å². The molecule has 1 atom stereocenters. The summed E-state index contributed by atoms with van der Waals surface area (Å²) in [7, 11) is 1.60. The Labute approximate surface area is 203 Å². The fourth-order valence-electron chi connectivity index (χ4n) is 4.59. The van der Waals surface area contributed by atoms with E-state index in [1.165, 1.54) is 0 Å². The third-order valence-electron chi connectivity index (χ3n) is 6.18. The first-order valence-corrected chi connectivity index (χ1v) is 11.7. The van der Waals surface area contributed by atoms with Crippen LogP contribution in [0.3, 0.4) is 0 Å². The van der Waals surface area contributed by atoms with Crippen LogP contribution in [-0.4, -0.2) is 35.7 Å². The zero-order chi connectivity index (χ0) is 23.7. The SMILES string of the molecule is COc1ccc(Cl)cc1N1CC(c2nc3ccccc3n2CCOc2cccc(C)c2)CC1=O. The first-order valence-electron chi connectivity index (χ1n) is 11.3. The monoisotopic (exact) mass is 475 g/mol. The Hall–Kier alpha value is -3.51. The first-order chi connectivity index (χ1) is 16.5. The highest BCUT2D eigenvalue weighted by Crippen LogP contribution is 2.38. The van der Waals surface area contributed by atoms with Gasteiger partial charge in [0.05, 0.1) is 30.4 Å². The Balaban J connectivity index is 1.42. The molecule has 1 aliphatic heterocycles. The number of amides is 1. The lowest BCUT2D eigenvalue weighted by molar-refractivity contribution is -0.117. The molecule has 3 aromatic carbocycles. The van der Waals surface area contributed by atoms with Crippen LogP contribution in [0, 0.1) is 6.92 Å². The second kappa shape index (κ2) is 9.39. The van der Waals surface area contributed by atoms with E-state index in [4.69, 9.17) is 26.1 Å². The summed E-state index contributed by atoms with van der Waals surface area (Å²) < 4.78 is 13.7. The van der Waals surface area contributed by atoms with Crippen LogP contribution in [0.4, 0.5) is 5.69 Å². The molecule has 0 aliphatic carbocycles. The van der Waals surface area contributed by atoms with E-state index in [0.29, 0.717) is 42.6 Å². The number of hydrogen-bond donors (Lipinski definition) is 0. The summed E-state index contributed by atoms with van der Waals surface area (Å²) in [4.78, 5) is 19.7. The second-order valence-electron chi connectivity index (χ2n) is 8.50. The van der Waals surface area contributed by atoms with Gasteiger partial charge in [-0.3, -0.25) is 4.79 Å². The Morgan fingerprint density at radius 2 is 1.94 bits per heavy atom. The van der Waals surface area contributed by atoms with Gasteiger partial charge in [-0.05, 0) is 55.0 Å². The Morgan fingerprint density at radius 1 is 1.09 bits per heavy atom. The molecule has 5 rings (SSSR count). The van der Waals surface area contributed by atoms with Gasteiger partial charge in [-0.15, -0.1) is 0 Å². The molecule has 1 amide bonds. The van der Waals surface area contributed by atoms with Gasteiger partial charge < -0.3 is 18.9 Å². The molecule has 0 spiro atoms. The summed E-state index contributed by atoms with van der Waals surface area (Å²) >= 11 is 6.23. The van der Waals surface area contributed by atoms with E-state index < -0.39 is 0 Å². The first kappa shape index (κ1) is 22.3. The Kier molecular flexibility index (Phi) is 6.16. The quantitative estimate of drug-likeness (QED) is 0.349. The summed E-state index contributed by atoms with van der Waals surface area (Å²) in [5.74, 6) is 2.34. The molecule has 0 radical (unpaired) electrons. The van der Waals surface area contributed by atoms with Gasteiger partial charge in [-0.2, -0.15) is 0 Å². The van der Waals surface area contributed by atoms with Crippen LogP contribution in [0.2, 0.25) is 5.02 Å². The number of imidazole rings is 1. The minimum Gasteiger partial charge on any atom is -0.495 e. The standard InChI is InChI=1S/C27H26ClN3O3/c1-18-6-5-7-21(14-18)34-13-12-30-23-9-4-3-8-22(23)29-27(30)19-15-26(32)31(17-19)24-16-20(28)10-11-25(24)33-2/h3-11,14,16,19H,12-13,15,17H2,1-2H3. The number of anilines is 1. The Morgan fingerprint density at radius 3 is 2.76 bits per heavy atom. The van der Waals surface area contributed by atoms with E-state index in [-0.39, 0.29) is 11.8 Å². The van der Waals surface area contributed by atoms with E-state index in [0.717, 1.165) is 28.2 Å². The Bertz CT molecular complexity index is 1350. The lowest BCUT2D eigenvalue weighted by Crippen LogP contribution is -2.25. The van der Waals surface area contributed by atoms with Crippen LogP contribution < -0.4 is 14.4 Å². The van der Waals surface area contributed by atoms with Crippen molar-refractivity contribution in [1.82, 2.24) is 9.55 Å². The van der Waals surface area contributed by atoms with Crippen molar-refractivity contribution in [1.29, 1.82) is 0 Å². The fourth-order valence-corrected chi connectivity index (χ4v) is 4.75. The topological polar surface area (TPSA) is 56.6 Å². The maximum atomic E-state index is 13.1. The van der Waals surface area contributed by atoms with Crippen molar-refractivity contribution in [3.05, 3.63) is 83.1 Å². The predicted octanol–water partition coefficient (Wildman–Crippen LogP) is 5.61. The number of para-hydroxylation sites is 2. The average molecular weight is 476 g/mol. The molecule has 0 saturated carbocycles. The van der Waals surface area contributed by atoms with Gasteiger partial charge in [0.25, 0.3) is 0 Å². The minimum atomic E-state index is -0.0532. The molecule has 34 heavy (non-hydrogen) atoms. The van der Waals surface area contributed by atoms with Gasteiger partial charge in [0, 0.05) is 23.9 Å². The molecule has 1 aliphatic rings. The van der Waals surface area contributed by atoms with E-state index in [1.54, 1.807) is 30.2 Å². The molecular formula is C27H26ClN3O3. The normalized spacial score (nSPS) is 15.8. The summed E-state index contributed by atoms with van der Waals surface area (Å²) in [6.07, 6.45) is 0.373. The van der Waals surface area contributed by atoms with Crippen LogP contribution in [0.5, 0.6) is 11.5 Å². The number of ether oxygens (including phenoxy) is 2. The molecule has 7 heteroatoms. The molecule has 4 aromatic rings. The van der Waals surface area contributed by atoms with Crippen LogP contribution in [0.1, 0.15) is 23.7 Å². The molecule has 0 N–H and O–H groups in total. The lowest BCUT2D eigenvalue weighted by atomic mass is 10.1. The molecule has 1 unspecified atom stereocenters. The highest BCUT2D eigenvalue weighted by molar-refractivity contribution is 6.31. The van der Waals surface area contributed by atoms with E-state index >= 15 is 0 Å². The molecule has 1 fully saturated rings. The number of aryl methyl sites for hydroxylation is 1. The third-order valence-corrected chi connectivity index (χ3v) is 6.41. The van der Waals surface area contributed by atoms with Crippen molar-refractivity contribution in [3.63, 3.8) is 0 Å². The van der Waals surface area contributed by atoms with Crippen LogP contribution in [-0.2, 0) is 11.3 Å². The predicted molar refractivity (Wildman–Crippen MR) is 134 cm³/mol. The van der Waals surface area contributed by atoms with Gasteiger partial charge in [-0.25, -0.2) is 4.98 Å². The maximum Gasteiger partial charge on any atom is 0.227 e. The fraction of sp³-hybridized carbons (Fsp3) is 0.259. The number of halogens is 1. The number of fused-ring (bicyclic) bond motifs is 1. The van der Waals surface area contributed by atoms with Crippen LogP contribution >= 0.6 is 11.6 Å². The highest BCUT2D eigenvalue weighted by Gasteiger charge is 2.36. The van der Waals surface area contributed by atoms with Crippen molar-refractivity contribution in [2.75, 3.05) is 25.2 Å². The van der Waals surface area contributed by atoms with Gasteiger partial charge in [0.2, 0.25) is 5.91 Å². The highest BCUT2D eigenvalue weighted by atomic mass is 35.5. The van der Waals surface area contributed by atoms with Crippen molar-refractivity contribution in [2.45, 2.75) is 25.8 Å². The van der Waals surface area contributed by atoms with Crippen LogP contribution in [0.25, 0.3) is 11.0 Å². The average Bonchev–Trinajstić information content (AvgIpc) is 3.39. The summed E-state index contributed by atoms with van der Waals surface area (Å²) in [5, 5.41) is 0.563. The number of rotatable bonds is 7. The van der Waals surface area contributed by atoms with Crippen molar-refractivity contribution in [2.24, 2.45) is 0 Å². The molecule has 1 aromatic heterocycles. The summed E-state index contributed by atoms with van der Waals surface area (Å²) in [6, 6.07) is 21.4. The van der Waals surface area contributed by atoms with Gasteiger partial charge in [0.15, 0.2) is 0 Å². The zero-order valence-corrected chi connectivity index (χ0v) is 20.0. The van der Waals surface area contributed by atoms with E-state index in [9.17, 15) is 4.79 Å². The number of nitrogens with zero attached hydrogens (tertiary/aromatic N) is 3. The largest absolute Gasteiger partial charge is 0.495 e. The summed E-state index contributed by atoms with van der Waals surface area (Å²) in [5.41, 5.74) is 3.80.